The number of benzene rings is 1. The highest BCUT2D eigenvalue weighted by Crippen LogP contribution is 2.29. The van der Waals surface area contributed by atoms with Crippen molar-refractivity contribution >= 4 is 17.5 Å². The third kappa shape index (κ3) is 2.82. The summed E-state index contributed by atoms with van der Waals surface area (Å²) in [6.45, 7) is 5.32. The fourth-order valence-corrected chi connectivity index (χ4v) is 2.48. The number of hydrogen-bond donors (Lipinski definition) is 2. The van der Waals surface area contributed by atoms with Crippen LogP contribution in [-0.2, 0) is 9.59 Å². The fourth-order valence-electron chi connectivity index (χ4n) is 2.48. The van der Waals surface area contributed by atoms with Gasteiger partial charge in [0.05, 0.1) is 5.92 Å². The number of nitrogens with zero attached hydrogens (tertiary/aromatic N) is 1. The lowest BCUT2D eigenvalue weighted by atomic mass is 10.1. The molecule has 1 heterocycles. The highest BCUT2D eigenvalue weighted by Gasteiger charge is 2.35. The van der Waals surface area contributed by atoms with Crippen LogP contribution in [0, 0.1) is 19.8 Å². The minimum absolute atomic E-state index is 0.00611. The number of aryl methyl sites for hydroxylation is 1. The average Bonchev–Trinajstić information content (AvgIpc) is 2.81. The highest BCUT2D eigenvalue weighted by atomic mass is 16.2. The summed E-state index contributed by atoms with van der Waals surface area (Å²) in [5.41, 5.74) is 8.50. The monoisotopic (exact) mass is 275 g/mol. The summed E-state index contributed by atoms with van der Waals surface area (Å²) in [5.74, 6) is -0.364. The molecule has 0 spiro atoms. The summed E-state index contributed by atoms with van der Waals surface area (Å²) >= 11 is 0. The summed E-state index contributed by atoms with van der Waals surface area (Å²) in [6, 6.07) is 5.89. The van der Waals surface area contributed by atoms with E-state index in [4.69, 9.17) is 5.73 Å². The van der Waals surface area contributed by atoms with Gasteiger partial charge >= 0.3 is 0 Å². The molecule has 1 atom stereocenters. The number of nitrogens with one attached hydrogen (secondary N) is 1. The summed E-state index contributed by atoms with van der Waals surface area (Å²) < 4.78 is 0. The maximum Gasteiger partial charge on any atom is 0.227 e. The first-order valence-electron chi connectivity index (χ1n) is 6.89. The number of hydrogen-bond acceptors (Lipinski definition) is 3. The normalized spacial score (nSPS) is 18.4. The summed E-state index contributed by atoms with van der Waals surface area (Å²) in [4.78, 5) is 25.8. The molecule has 1 aromatic carbocycles. The Morgan fingerprint density at radius 1 is 1.45 bits per heavy atom. The van der Waals surface area contributed by atoms with E-state index in [2.05, 4.69) is 5.32 Å². The van der Waals surface area contributed by atoms with Crippen molar-refractivity contribution in [3.05, 3.63) is 29.3 Å². The number of rotatable bonds is 4. The maximum absolute atomic E-state index is 12.1. The molecular formula is C15H21N3O2. The molecule has 0 aromatic heterocycles. The van der Waals surface area contributed by atoms with Gasteiger partial charge in [-0.25, -0.2) is 0 Å². The maximum atomic E-state index is 12.1. The van der Waals surface area contributed by atoms with Gasteiger partial charge in [-0.3, -0.25) is 9.59 Å². The van der Waals surface area contributed by atoms with Gasteiger partial charge in [-0.2, -0.15) is 0 Å². The Morgan fingerprint density at radius 3 is 2.90 bits per heavy atom. The quantitative estimate of drug-likeness (QED) is 0.850. The Morgan fingerprint density at radius 2 is 2.20 bits per heavy atom. The van der Waals surface area contributed by atoms with Crippen LogP contribution in [0.25, 0.3) is 0 Å². The molecule has 20 heavy (non-hydrogen) atoms. The molecule has 1 aromatic rings. The van der Waals surface area contributed by atoms with E-state index in [9.17, 15) is 9.59 Å². The Balaban J connectivity index is 2.13. The minimum atomic E-state index is -0.283. The fraction of sp³-hybridized carbons (Fsp3) is 0.467. The van der Waals surface area contributed by atoms with Crippen LogP contribution in [0.1, 0.15) is 17.5 Å². The van der Waals surface area contributed by atoms with Crippen LogP contribution < -0.4 is 16.0 Å². The second-order valence-corrected chi connectivity index (χ2v) is 5.20. The molecule has 3 N–H and O–H groups in total. The molecule has 2 rings (SSSR count). The lowest BCUT2D eigenvalue weighted by Gasteiger charge is -2.20. The molecular weight excluding hydrogens is 254 g/mol. The van der Waals surface area contributed by atoms with E-state index in [1.807, 2.05) is 32.0 Å². The van der Waals surface area contributed by atoms with Crippen LogP contribution in [0.15, 0.2) is 18.2 Å². The van der Waals surface area contributed by atoms with Crippen molar-refractivity contribution in [1.82, 2.24) is 5.32 Å². The summed E-state index contributed by atoms with van der Waals surface area (Å²) in [7, 11) is 0. The van der Waals surface area contributed by atoms with E-state index in [1.54, 1.807) is 4.90 Å². The second kappa shape index (κ2) is 6.05. The molecule has 1 unspecified atom stereocenters. The van der Waals surface area contributed by atoms with Crippen LogP contribution in [0.5, 0.6) is 0 Å². The predicted molar refractivity (Wildman–Crippen MR) is 78.4 cm³/mol. The lowest BCUT2D eigenvalue weighted by Crippen LogP contribution is -2.35. The zero-order valence-electron chi connectivity index (χ0n) is 12.0. The van der Waals surface area contributed by atoms with Gasteiger partial charge in [-0.1, -0.05) is 12.1 Å². The first-order valence-corrected chi connectivity index (χ1v) is 6.89. The molecule has 2 amide bonds. The van der Waals surface area contributed by atoms with E-state index < -0.39 is 0 Å². The largest absolute Gasteiger partial charge is 0.355 e. The van der Waals surface area contributed by atoms with Crippen molar-refractivity contribution in [2.45, 2.75) is 20.3 Å². The smallest absolute Gasteiger partial charge is 0.227 e. The van der Waals surface area contributed by atoms with Gasteiger partial charge < -0.3 is 16.0 Å². The molecule has 5 nitrogen and oxygen atoms in total. The van der Waals surface area contributed by atoms with Gasteiger partial charge in [0.2, 0.25) is 11.8 Å². The molecule has 1 fully saturated rings. The van der Waals surface area contributed by atoms with E-state index in [0.29, 0.717) is 19.6 Å². The molecule has 1 aliphatic heterocycles. The third-order valence-electron chi connectivity index (χ3n) is 3.81. The van der Waals surface area contributed by atoms with Gasteiger partial charge in [-0.05, 0) is 31.0 Å². The molecule has 0 saturated carbocycles. The van der Waals surface area contributed by atoms with Crippen molar-refractivity contribution in [3.63, 3.8) is 0 Å². The molecule has 0 bridgehead atoms. The van der Waals surface area contributed by atoms with Crippen molar-refractivity contribution in [2.75, 3.05) is 24.5 Å². The summed E-state index contributed by atoms with van der Waals surface area (Å²) in [5, 5.41) is 2.75. The zero-order valence-corrected chi connectivity index (χ0v) is 12.0. The van der Waals surface area contributed by atoms with Crippen molar-refractivity contribution < 1.29 is 9.59 Å². The SMILES string of the molecule is Cc1cccc(N2CC(C(=O)NCCN)CC2=O)c1C. The minimum Gasteiger partial charge on any atom is -0.355 e. The van der Waals surface area contributed by atoms with E-state index in [1.165, 1.54) is 0 Å². The predicted octanol–water partition coefficient (Wildman–Crippen LogP) is 0.731. The Kier molecular flexibility index (Phi) is 4.39. The first kappa shape index (κ1) is 14.5. The molecule has 0 aliphatic carbocycles. The molecule has 108 valence electrons. The Labute approximate surface area is 119 Å². The second-order valence-electron chi connectivity index (χ2n) is 5.20. The van der Waals surface area contributed by atoms with E-state index in [-0.39, 0.29) is 24.2 Å². The Hall–Kier alpha value is -1.88. The van der Waals surface area contributed by atoms with Gasteiger partial charge in [0.15, 0.2) is 0 Å². The number of nitrogens with two attached hydrogens (primary N) is 1. The lowest BCUT2D eigenvalue weighted by molar-refractivity contribution is -0.126. The van der Waals surface area contributed by atoms with Gasteiger partial charge in [0.25, 0.3) is 0 Å². The molecule has 0 radical (unpaired) electrons. The van der Waals surface area contributed by atoms with Crippen molar-refractivity contribution in [3.8, 4) is 0 Å². The first-order chi connectivity index (χ1) is 9.54. The van der Waals surface area contributed by atoms with Gasteiger partial charge in [-0.15, -0.1) is 0 Å². The highest BCUT2D eigenvalue weighted by molar-refractivity contribution is 6.00. The van der Waals surface area contributed by atoms with E-state index >= 15 is 0 Å². The van der Waals surface area contributed by atoms with Crippen LogP contribution >= 0.6 is 0 Å². The van der Waals surface area contributed by atoms with Crippen LogP contribution in [0.3, 0.4) is 0 Å². The van der Waals surface area contributed by atoms with Crippen LogP contribution in [0.2, 0.25) is 0 Å². The molecule has 1 saturated heterocycles. The number of amides is 2. The summed E-state index contributed by atoms with van der Waals surface area (Å²) in [6.07, 6.45) is 0.268. The standard InChI is InChI=1S/C15H21N3O2/c1-10-4-3-5-13(11(10)2)18-9-12(8-14(18)19)15(20)17-7-6-16/h3-5,12H,6-9,16H2,1-2H3,(H,17,20). The zero-order chi connectivity index (χ0) is 14.7. The van der Waals surface area contributed by atoms with Gasteiger partial charge in [0, 0.05) is 31.7 Å². The Bertz CT molecular complexity index is 528. The molecule has 1 aliphatic rings. The van der Waals surface area contributed by atoms with Crippen molar-refractivity contribution in [2.24, 2.45) is 11.7 Å². The average molecular weight is 275 g/mol. The number of carbonyl (C=O) groups excluding carboxylic acids is 2. The third-order valence-corrected chi connectivity index (χ3v) is 3.81. The van der Waals surface area contributed by atoms with E-state index in [0.717, 1.165) is 16.8 Å². The van der Waals surface area contributed by atoms with Crippen molar-refractivity contribution in [1.29, 1.82) is 0 Å². The number of carbonyl (C=O) groups is 2. The molecule has 5 heteroatoms. The topological polar surface area (TPSA) is 75.4 Å². The van der Waals surface area contributed by atoms with Crippen LogP contribution in [-0.4, -0.2) is 31.4 Å². The number of anilines is 1. The van der Waals surface area contributed by atoms with Crippen LogP contribution in [0.4, 0.5) is 5.69 Å². The van der Waals surface area contributed by atoms with Gasteiger partial charge in [0.1, 0.15) is 0 Å².